The number of nitrogens with two attached hydrogens (primary N) is 1. The number of benzene rings is 1. The van der Waals surface area contributed by atoms with Crippen molar-refractivity contribution in [2.45, 2.75) is 20.8 Å². The molecule has 0 bridgehead atoms. The van der Waals surface area contributed by atoms with Gasteiger partial charge in [0.05, 0.1) is 34.3 Å². The molecule has 2 N–H and O–H groups in total. The number of hydrogen-bond acceptors (Lipinski definition) is 4. The molecule has 1 aromatic heterocycles. The molecule has 0 aliphatic carbocycles. The van der Waals surface area contributed by atoms with Crippen molar-refractivity contribution in [3.8, 4) is 5.69 Å². The maximum absolute atomic E-state index is 12.0. The Morgan fingerprint density at radius 2 is 2.15 bits per heavy atom. The second-order valence-electron chi connectivity index (χ2n) is 4.36. The van der Waals surface area contributed by atoms with E-state index in [0.29, 0.717) is 34.3 Å². The standard InChI is InChI=1S/C14H16ClN3O2/c1-4-20-14(19)10-6-5-7-11(16)13(10)18-9(3)12(15)8(2)17-18/h5-7H,4,16H2,1-3H3. The minimum atomic E-state index is -0.432. The molecule has 2 rings (SSSR count). The average molecular weight is 294 g/mol. The number of anilines is 1. The van der Waals surface area contributed by atoms with Crippen LogP contribution in [-0.2, 0) is 4.74 Å². The summed E-state index contributed by atoms with van der Waals surface area (Å²) in [6.07, 6.45) is 0. The SMILES string of the molecule is CCOC(=O)c1cccc(N)c1-n1nc(C)c(Cl)c1C. The highest BCUT2D eigenvalue weighted by Gasteiger charge is 2.20. The number of nitrogen functional groups attached to an aromatic ring is 1. The first-order chi connectivity index (χ1) is 9.47. The van der Waals surface area contributed by atoms with Gasteiger partial charge < -0.3 is 10.5 Å². The molecule has 20 heavy (non-hydrogen) atoms. The highest BCUT2D eigenvalue weighted by Crippen LogP contribution is 2.28. The Kier molecular flexibility index (Phi) is 3.99. The summed E-state index contributed by atoms with van der Waals surface area (Å²) in [7, 11) is 0. The van der Waals surface area contributed by atoms with E-state index in [-0.39, 0.29) is 0 Å². The number of carbonyl (C=O) groups is 1. The fourth-order valence-corrected chi connectivity index (χ4v) is 2.13. The number of halogens is 1. The van der Waals surface area contributed by atoms with E-state index in [9.17, 15) is 4.79 Å². The number of nitrogens with zero attached hydrogens (tertiary/aromatic N) is 2. The van der Waals surface area contributed by atoms with Gasteiger partial charge in [0.25, 0.3) is 0 Å². The van der Waals surface area contributed by atoms with Gasteiger partial charge in [-0.1, -0.05) is 17.7 Å². The Morgan fingerprint density at radius 1 is 1.45 bits per heavy atom. The van der Waals surface area contributed by atoms with Crippen LogP contribution >= 0.6 is 11.6 Å². The van der Waals surface area contributed by atoms with E-state index in [1.807, 2.05) is 6.92 Å². The second-order valence-corrected chi connectivity index (χ2v) is 4.74. The quantitative estimate of drug-likeness (QED) is 0.698. The van der Waals surface area contributed by atoms with Crippen LogP contribution in [0.15, 0.2) is 18.2 Å². The number of ether oxygens (including phenoxy) is 1. The molecule has 0 unspecified atom stereocenters. The molecule has 1 heterocycles. The first kappa shape index (κ1) is 14.4. The molecule has 0 aliphatic rings. The third kappa shape index (κ3) is 2.36. The number of para-hydroxylation sites is 1. The maximum Gasteiger partial charge on any atom is 0.340 e. The smallest absolute Gasteiger partial charge is 0.340 e. The Balaban J connectivity index is 2.66. The minimum Gasteiger partial charge on any atom is -0.462 e. The summed E-state index contributed by atoms with van der Waals surface area (Å²) in [5.41, 5.74) is 8.73. The summed E-state index contributed by atoms with van der Waals surface area (Å²) in [6.45, 7) is 5.67. The largest absolute Gasteiger partial charge is 0.462 e. The first-order valence-electron chi connectivity index (χ1n) is 6.25. The Bertz CT molecular complexity index is 665. The molecule has 5 nitrogen and oxygen atoms in total. The lowest BCUT2D eigenvalue weighted by atomic mass is 10.1. The summed E-state index contributed by atoms with van der Waals surface area (Å²) in [5, 5.41) is 4.90. The summed E-state index contributed by atoms with van der Waals surface area (Å²) in [4.78, 5) is 12.0. The van der Waals surface area contributed by atoms with Crippen molar-refractivity contribution in [2.75, 3.05) is 12.3 Å². The number of carbonyl (C=O) groups excluding carboxylic acids is 1. The van der Waals surface area contributed by atoms with Crippen molar-refractivity contribution in [3.05, 3.63) is 40.2 Å². The van der Waals surface area contributed by atoms with E-state index < -0.39 is 5.97 Å². The summed E-state index contributed by atoms with van der Waals surface area (Å²) < 4.78 is 6.64. The molecule has 0 radical (unpaired) electrons. The van der Waals surface area contributed by atoms with Gasteiger partial charge in [0.15, 0.2) is 0 Å². The normalized spacial score (nSPS) is 10.6. The third-order valence-electron chi connectivity index (χ3n) is 2.98. The van der Waals surface area contributed by atoms with Crippen LogP contribution in [0.2, 0.25) is 5.02 Å². The van der Waals surface area contributed by atoms with Gasteiger partial charge in [0.2, 0.25) is 0 Å². The zero-order valence-electron chi connectivity index (χ0n) is 11.6. The van der Waals surface area contributed by atoms with Crippen molar-refractivity contribution in [2.24, 2.45) is 0 Å². The molecule has 0 spiro atoms. The average Bonchev–Trinajstić information content (AvgIpc) is 2.66. The fourth-order valence-electron chi connectivity index (χ4n) is 2.01. The van der Waals surface area contributed by atoms with Crippen LogP contribution in [0.5, 0.6) is 0 Å². The van der Waals surface area contributed by atoms with Gasteiger partial charge >= 0.3 is 5.97 Å². The van der Waals surface area contributed by atoms with Gasteiger partial charge in [-0.2, -0.15) is 5.10 Å². The highest BCUT2D eigenvalue weighted by atomic mass is 35.5. The lowest BCUT2D eigenvalue weighted by molar-refractivity contribution is 0.0526. The predicted octanol–water partition coefficient (Wildman–Crippen LogP) is 2.90. The number of esters is 1. The molecular weight excluding hydrogens is 278 g/mol. The van der Waals surface area contributed by atoms with Gasteiger partial charge in [-0.3, -0.25) is 0 Å². The van der Waals surface area contributed by atoms with Crippen LogP contribution in [-0.4, -0.2) is 22.4 Å². The molecule has 0 fully saturated rings. The zero-order valence-corrected chi connectivity index (χ0v) is 12.4. The molecule has 1 aromatic carbocycles. The number of aromatic nitrogens is 2. The Labute approximate surface area is 122 Å². The highest BCUT2D eigenvalue weighted by molar-refractivity contribution is 6.31. The van der Waals surface area contributed by atoms with Gasteiger partial charge in [-0.05, 0) is 32.9 Å². The topological polar surface area (TPSA) is 70.1 Å². The lowest BCUT2D eigenvalue weighted by Gasteiger charge is -2.13. The number of hydrogen-bond donors (Lipinski definition) is 1. The van der Waals surface area contributed by atoms with Crippen LogP contribution < -0.4 is 5.73 Å². The predicted molar refractivity (Wildman–Crippen MR) is 78.4 cm³/mol. The van der Waals surface area contributed by atoms with Crippen molar-refractivity contribution in [1.29, 1.82) is 0 Å². The van der Waals surface area contributed by atoms with Crippen LogP contribution in [0.4, 0.5) is 5.69 Å². The molecule has 0 amide bonds. The van der Waals surface area contributed by atoms with E-state index in [1.165, 1.54) is 0 Å². The van der Waals surface area contributed by atoms with E-state index in [1.54, 1.807) is 36.7 Å². The molecule has 0 atom stereocenters. The minimum absolute atomic E-state index is 0.297. The number of rotatable bonds is 3. The van der Waals surface area contributed by atoms with E-state index >= 15 is 0 Å². The third-order valence-corrected chi connectivity index (χ3v) is 3.52. The fraction of sp³-hybridized carbons (Fsp3) is 0.286. The van der Waals surface area contributed by atoms with Crippen molar-refractivity contribution in [3.63, 3.8) is 0 Å². The van der Waals surface area contributed by atoms with Crippen LogP contribution in [0.1, 0.15) is 28.7 Å². The van der Waals surface area contributed by atoms with Crippen LogP contribution in [0, 0.1) is 13.8 Å². The van der Waals surface area contributed by atoms with Crippen molar-refractivity contribution >= 4 is 23.3 Å². The van der Waals surface area contributed by atoms with E-state index in [0.717, 1.165) is 5.69 Å². The number of aryl methyl sites for hydroxylation is 1. The second kappa shape index (κ2) is 5.54. The van der Waals surface area contributed by atoms with E-state index in [2.05, 4.69) is 5.10 Å². The molecule has 106 valence electrons. The van der Waals surface area contributed by atoms with Crippen molar-refractivity contribution < 1.29 is 9.53 Å². The lowest BCUT2D eigenvalue weighted by Crippen LogP contribution is -2.13. The van der Waals surface area contributed by atoms with Crippen LogP contribution in [0.3, 0.4) is 0 Å². The molecule has 6 heteroatoms. The van der Waals surface area contributed by atoms with Gasteiger partial charge in [0.1, 0.15) is 5.69 Å². The molecular formula is C14H16ClN3O2. The van der Waals surface area contributed by atoms with Crippen molar-refractivity contribution in [1.82, 2.24) is 9.78 Å². The summed E-state index contributed by atoms with van der Waals surface area (Å²) >= 11 is 6.15. The van der Waals surface area contributed by atoms with E-state index in [4.69, 9.17) is 22.1 Å². The Hall–Kier alpha value is -2.01. The zero-order chi connectivity index (χ0) is 14.9. The molecule has 0 saturated heterocycles. The molecule has 0 saturated carbocycles. The monoisotopic (exact) mass is 293 g/mol. The van der Waals surface area contributed by atoms with Crippen LogP contribution in [0.25, 0.3) is 5.69 Å². The first-order valence-corrected chi connectivity index (χ1v) is 6.62. The van der Waals surface area contributed by atoms with Gasteiger partial charge in [0, 0.05) is 0 Å². The molecule has 2 aromatic rings. The van der Waals surface area contributed by atoms with Gasteiger partial charge in [-0.25, -0.2) is 9.48 Å². The maximum atomic E-state index is 12.0. The molecule has 0 aliphatic heterocycles. The van der Waals surface area contributed by atoms with Gasteiger partial charge in [-0.15, -0.1) is 0 Å². The summed E-state index contributed by atoms with van der Waals surface area (Å²) in [5.74, 6) is -0.432. The summed E-state index contributed by atoms with van der Waals surface area (Å²) in [6, 6.07) is 5.08. The Morgan fingerprint density at radius 3 is 2.70 bits per heavy atom.